The van der Waals surface area contributed by atoms with E-state index in [0.717, 1.165) is 9.35 Å². The maximum absolute atomic E-state index is 4.21. The van der Waals surface area contributed by atoms with Crippen molar-refractivity contribution in [2.45, 2.75) is 5.03 Å². The molecule has 0 spiro atoms. The van der Waals surface area contributed by atoms with Gasteiger partial charge in [-0.2, -0.15) is 0 Å². The summed E-state index contributed by atoms with van der Waals surface area (Å²) in [6, 6.07) is 0. The van der Waals surface area contributed by atoms with Gasteiger partial charge >= 0.3 is 0 Å². The van der Waals surface area contributed by atoms with Crippen LogP contribution >= 0.6 is 35.2 Å². The third-order valence-corrected chi connectivity index (χ3v) is 2.05. The summed E-state index contributed by atoms with van der Waals surface area (Å²) in [6.07, 6.45) is 5.45. The molecule has 11 heavy (non-hydrogen) atoms. The van der Waals surface area contributed by atoms with Gasteiger partial charge in [0, 0.05) is 12.4 Å². The molecular formula is C6H4IN3S. The molecule has 2 heterocycles. The van der Waals surface area contributed by atoms with Crippen molar-refractivity contribution in [2.24, 2.45) is 0 Å². The minimum Gasteiger partial charge on any atom is -0.302 e. The second-order valence-corrected chi connectivity index (χ2v) is 3.64. The fourth-order valence-corrected chi connectivity index (χ4v) is 1.59. The highest BCUT2D eigenvalue weighted by atomic mass is 127. The van der Waals surface area contributed by atoms with Crippen LogP contribution in [0.5, 0.6) is 0 Å². The summed E-state index contributed by atoms with van der Waals surface area (Å²) in [5, 5.41) is 0.700. The van der Waals surface area contributed by atoms with Crippen LogP contribution in [0.4, 0.5) is 0 Å². The number of aromatic nitrogens is 3. The first-order valence-corrected chi connectivity index (χ1v) is 4.47. The molecule has 0 aliphatic rings. The van der Waals surface area contributed by atoms with Crippen LogP contribution in [0.25, 0.3) is 5.65 Å². The summed E-state index contributed by atoms with van der Waals surface area (Å²) >= 11 is 6.27. The minimum absolute atomic E-state index is 0.700. The summed E-state index contributed by atoms with van der Waals surface area (Å²) in [5.74, 6) is 0. The van der Waals surface area contributed by atoms with Gasteiger partial charge in [-0.05, 0) is 22.6 Å². The lowest BCUT2D eigenvalue weighted by Gasteiger charge is -1.91. The van der Waals surface area contributed by atoms with Crippen LogP contribution in [0.1, 0.15) is 0 Å². The Balaban J connectivity index is 2.82. The SMILES string of the molecule is Sc1cn2cc(I)nc2cn1. The molecule has 5 heteroatoms. The summed E-state index contributed by atoms with van der Waals surface area (Å²) in [6.45, 7) is 0. The topological polar surface area (TPSA) is 30.2 Å². The highest BCUT2D eigenvalue weighted by molar-refractivity contribution is 14.1. The van der Waals surface area contributed by atoms with Gasteiger partial charge in [-0.25, -0.2) is 9.97 Å². The van der Waals surface area contributed by atoms with E-state index in [1.54, 1.807) is 6.20 Å². The Morgan fingerprint density at radius 3 is 3.09 bits per heavy atom. The lowest BCUT2D eigenvalue weighted by molar-refractivity contribution is 1.02. The Hall–Kier alpha value is -0.300. The molecule has 2 rings (SSSR count). The van der Waals surface area contributed by atoms with Crippen molar-refractivity contribution < 1.29 is 0 Å². The van der Waals surface area contributed by atoms with E-state index in [9.17, 15) is 0 Å². The number of rotatable bonds is 0. The third kappa shape index (κ3) is 1.34. The molecule has 0 N–H and O–H groups in total. The Kier molecular flexibility index (Phi) is 1.76. The van der Waals surface area contributed by atoms with Crippen molar-refractivity contribution in [2.75, 3.05) is 0 Å². The first kappa shape index (κ1) is 7.35. The van der Waals surface area contributed by atoms with Gasteiger partial charge in [-0.1, -0.05) is 0 Å². The zero-order valence-electron chi connectivity index (χ0n) is 5.40. The van der Waals surface area contributed by atoms with Gasteiger partial charge in [0.15, 0.2) is 5.65 Å². The van der Waals surface area contributed by atoms with Crippen LogP contribution in [0.15, 0.2) is 23.6 Å². The molecular weight excluding hydrogens is 273 g/mol. The minimum atomic E-state index is 0.700. The van der Waals surface area contributed by atoms with Crippen molar-refractivity contribution in [3.63, 3.8) is 0 Å². The molecule has 0 unspecified atom stereocenters. The first-order chi connectivity index (χ1) is 5.25. The number of halogens is 1. The predicted molar refractivity (Wildman–Crippen MR) is 53.0 cm³/mol. The Bertz CT molecular complexity index is 398. The van der Waals surface area contributed by atoms with E-state index in [-0.39, 0.29) is 0 Å². The molecule has 0 radical (unpaired) electrons. The van der Waals surface area contributed by atoms with Crippen molar-refractivity contribution in [1.29, 1.82) is 0 Å². The Morgan fingerprint density at radius 2 is 2.27 bits per heavy atom. The third-order valence-electron chi connectivity index (χ3n) is 1.30. The van der Waals surface area contributed by atoms with Gasteiger partial charge in [0.1, 0.15) is 8.73 Å². The van der Waals surface area contributed by atoms with E-state index in [4.69, 9.17) is 0 Å². The van der Waals surface area contributed by atoms with Crippen LogP contribution in [-0.4, -0.2) is 14.4 Å². The summed E-state index contributed by atoms with van der Waals surface area (Å²) in [4.78, 5) is 8.21. The Labute approximate surface area is 82.4 Å². The van der Waals surface area contributed by atoms with Crippen LogP contribution < -0.4 is 0 Å². The average Bonchev–Trinajstić information content (AvgIpc) is 2.27. The molecule has 56 valence electrons. The number of fused-ring (bicyclic) bond motifs is 1. The molecule has 0 saturated carbocycles. The van der Waals surface area contributed by atoms with E-state index in [1.807, 2.05) is 16.8 Å². The second kappa shape index (κ2) is 2.63. The maximum Gasteiger partial charge on any atom is 0.156 e. The second-order valence-electron chi connectivity index (χ2n) is 2.07. The molecule has 0 atom stereocenters. The van der Waals surface area contributed by atoms with Gasteiger partial charge < -0.3 is 4.40 Å². The van der Waals surface area contributed by atoms with E-state index in [1.165, 1.54) is 0 Å². The van der Waals surface area contributed by atoms with Gasteiger partial charge in [0.05, 0.1) is 6.20 Å². The molecule has 0 aromatic carbocycles. The number of thiol groups is 1. The fraction of sp³-hybridized carbons (Fsp3) is 0. The van der Waals surface area contributed by atoms with Gasteiger partial charge in [-0.3, -0.25) is 0 Å². The molecule has 2 aromatic rings. The number of hydrogen-bond acceptors (Lipinski definition) is 3. The largest absolute Gasteiger partial charge is 0.302 e. The number of imidazole rings is 1. The number of nitrogens with zero attached hydrogens (tertiary/aromatic N) is 3. The smallest absolute Gasteiger partial charge is 0.156 e. The first-order valence-electron chi connectivity index (χ1n) is 2.95. The van der Waals surface area contributed by atoms with Gasteiger partial charge in [0.25, 0.3) is 0 Å². The quantitative estimate of drug-likeness (QED) is 0.586. The fourth-order valence-electron chi connectivity index (χ4n) is 0.857. The van der Waals surface area contributed by atoms with Crippen molar-refractivity contribution >= 4 is 40.9 Å². The average molecular weight is 277 g/mol. The lowest BCUT2D eigenvalue weighted by Crippen LogP contribution is -1.84. The monoisotopic (exact) mass is 277 g/mol. The zero-order valence-corrected chi connectivity index (χ0v) is 8.45. The van der Waals surface area contributed by atoms with Crippen molar-refractivity contribution in [3.05, 3.63) is 22.3 Å². The molecule has 3 nitrogen and oxygen atoms in total. The molecule has 0 bridgehead atoms. The van der Waals surface area contributed by atoms with E-state index < -0.39 is 0 Å². The molecule has 0 fully saturated rings. The Morgan fingerprint density at radius 1 is 1.45 bits per heavy atom. The molecule has 0 aliphatic heterocycles. The van der Waals surface area contributed by atoms with Crippen molar-refractivity contribution in [3.8, 4) is 0 Å². The highest BCUT2D eigenvalue weighted by Gasteiger charge is 1.97. The van der Waals surface area contributed by atoms with Crippen LogP contribution in [0.2, 0.25) is 0 Å². The maximum atomic E-state index is 4.21. The van der Waals surface area contributed by atoms with Gasteiger partial charge in [0.2, 0.25) is 0 Å². The highest BCUT2D eigenvalue weighted by Crippen LogP contribution is 2.08. The van der Waals surface area contributed by atoms with Crippen LogP contribution in [0, 0.1) is 3.70 Å². The number of hydrogen-bond donors (Lipinski definition) is 1. The summed E-state index contributed by atoms with van der Waals surface area (Å²) in [5.41, 5.74) is 0.854. The van der Waals surface area contributed by atoms with Crippen molar-refractivity contribution in [1.82, 2.24) is 14.4 Å². The predicted octanol–water partition coefficient (Wildman–Crippen LogP) is 1.62. The molecule has 0 amide bonds. The molecule has 2 aromatic heterocycles. The van der Waals surface area contributed by atoms with E-state index in [2.05, 4.69) is 45.2 Å². The summed E-state index contributed by atoms with van der Waals surface area (Å²) < 4.78 is 2.86. The standard InChI is InChI=1S/C6H4IN3S/c7-4-2-10-3-6(11)8-1-5(10)9-4/h1-3,11H. The van der Waals surface area contributed by atoms with E-state index >= 15 is 0 Å². The zero-order chi connectivity index (χ0) is 7.84. The van der Waals surface area contributed by atoms with Crippen LogP contribution in [0.3, 0.4) is 0 Å². The van der Waals surface area contributed by atoms with Gasteiger partial charge in [-0.15, -0.1) is 12.6 Å². The normalized spacial score (nSPS) is 10.7. The lowest BCUT2D eigenvalue weighted by atomic mass is 10.7. The summed E-state index contributed by atoms with van der Waals surface area (Å²) in [7, 11) is 0. The molecule has 0 aliphatic carbocycles. The van der Waals surface area contributed by atoms with Crippen LogP contribution in [-0.2, 0) is 0 Å². The van der Waals surface area contributed by atoms with E-state index in [0.29, 0.717) is 5.03 Å². The molecule has 0 saturated heterocycles.